The molecule has 0 radical (unpaired) electrons. The van der Waals surface area contributed by atoms with Crippen molar-refractivity contribution in [1.82, 2.24) is 14.8 Å². The van der Waals surface area contributed by atoms with Crippen LogP contribution in [0.2, 0.25) is 0 Å². The van der Waals surface area contributed by atoms with Gasteiger partial charge in [-0.25, -0.2) is 4.98 Å². The van der Waals surface area contributed by atoms with Crippen molar-refractivity contribution in [3.05, 3.63) is 102 Å². The molecular weight excluding hydrogens is 416 g/mol. The number of amides is 1. The molecule has 2 aromatic heterocycles. The molecule has 32 heavy (non-hydrogen) atoms. The normalized spacial score (nSPS) is 10.8. The van der Waals surface area contributed by atoms with Crippen LogP contribution in [0, 0.1) is 0 Å². The first-order valence-corrected chi connectivity index (χ1v) is 11.1. The van der Waals surface area contributed by atoms with Crippen molar-refractivity contribution in [2.45, 2.75) is 0 Å². The molecule has 0 aliphatic heterocycles. The molecule has 5 aromatic rings. The molecule has 0 atom stereocenters. The summed E-state index contributed by atoms with van der Waals surface area (Å²) in [6, 6.07) is 29.5. The number of nitrogens with zero attached hydrogens (tertiary/aromatic N) is 3. The summed E-state index contributed by atoms with van der Waals surface area (Å²) >= 11 is 1.62. The molecule has 0 aliphatic carbocycles. The minimum atomic E-state index is -0.199. The average molecular weight is 437 g/mol. The van der Waals surface area contributed by atoms with E-state index in [0.29, 0.717) is 5.69 Å². The van der Waals surface area contributed by atoms with E-state index in [1.165, 1.54) is 0 Å². The molecule has 1 amide bonds. The van der Waals surface area contributed by atoms with Gasteiger partial charge in [-0.1, -0.05) is 72.8 Å². The molecule has 0 spiro atoms. The Kier molecular flexibility index (Phi) is 5.35. The van der Waals surface area contributed by atoms with E-state index < -0.39 is 0 Å². The van der Waals surface area contributed by atoms with Crippen LogP contribution < -0.4 is 5.32 Å². The van der Waals surface area contributed by atoms with Crippen molar-refractivity contribution >= 4 is 22.9 Å². The highest BCUT2D eigenvalue weighted by Crippen LogP contribution is 2.29. The third kappa shape index (κ3) is 4.08. The number of aryl methyl sites for hydroxylation is 1. The van der Waals surface area contributed by atoms with Crippen LogP contribution in [0.25, 0.3) is 33.1 Å². The summed E-state index contributed by atoms with van der Waals surface area (Å²) in [4.78, 5) is 17.6. The highest BCUT2D eigenvalue weighted by atomic mass is 32.1. The fourth-order valence-electron chi connectivity index (χ4n) is 3.47. The van der Waals surface area contributed by atoms with Crippen molar-refractivity contribution < 1.29 is 4.79 Å². The number of thiazole rings is 1. The molecule has 156 valence electrons. The molecule has 0 saturated carbocycles. The zero-order chi connectivity index (χ0) is 21.9. The molecule has 0 saturated heterocycles. The number of anilines is 1. The monoisotopic (exact) mass is 436 g/mol. The van der Waals surface area contributed by atoms with Crippen molar-refractivity contribution in [2.24, 2.45) is 7.05 Å². The average Bonchev–Trinajstić information content (AvgIpc) is 3.48. The van der Waals surface area contributed by atoms with E-state index in [1.54, 1.807) is 29.1 Å². The largest absolute Gasteiger partial charge is 0.321 e. The van der Waals surface area contributed by atoms with Crippen molar-refractivity contribution in [3.8, 4) is 33.1 Å². The van der Waals surface area contributed by atoms with Gasteiger partial charge in [-0.15, -0.1) is 11.3 Å². The van der Waals surface area contributed by atoms with Gasteiger partial charge in [0.25, 0.3) is 5.91 Å². The van der Waals surface area contributed by atoms with Gasteiger partial charge in [0.15, 0.2) is 0 Å². The predicted octanol–water partition coefficient (Wildman–Crippen LogP) is 6.13. The van der Waals surface area contributed by atoms with E-state index in [-0.39, 0.29) is 5.91 Å². The first-order valence-electron chi connectivity index (χ1n) is 10.2. The van der Waals surface area contributed by atoms with E-state index in [4.69, 9.17) is 4.98 Å². The maximum absolute atomic E-state index is 12.8. The van der Waals surface area contributed by atoms with Crippen molar-refractivity contribution in [2.75, 3.05) is 5.32 Å². The molecule has 3 aromatic carbocycles. The van der Waals surface area contributed by atoms with Crippen LogP contribution in [0.1, 0.15) is 10.5 Å². The molecule has 0 unspecified atom stereocenters. The van der Waals surface area contributed by atoms with Gasteiger partial charge in [0.1, 0.15) is 10.7 Å². The number of benzene rings is 3. The fourth-order valence-corrected chi connectivity index (χ4v) is 4.30. The molecule has 0 aliphatic rings. The third-order valence-corrected chi connectivity index (χ3v) is 6.04. The molecule has 5 rings (SSSR count). The van der Waals surface area contributed by atoms with Crippen LogP contribution in [-0.2, 0) is 7.05 Å². The van der Waals surface area contributed by atoms with Crippen molar-refractivity contribution in [1.29, 1.82) is 0 Å². The fraction of sp³-hybridized carbons (Fsp3) is 0.0385. The molecule has 0 bridgehead atoms. The number of carbonyl (C=O) groups is 1. The SMILES string of the molecule is Cn1nc(-c2ccccc2)cc1C(=O)Nc1ccc(-c2csc(-c3ccccc3)n2)cc1. The van der Waals surface area contributed by atoms with Crippen LogP contribution in [0.3, 0.4) is 0 Å². The first kappa shape index (κ1) is 19.9. The molecule has 0 fully saturated rings. The van der Waals surface area contributed by atoms with Gasteiger partial charge in [0.2, 0.25) is 0 Å². The third-order valence-electron chi connectivity index (χ3n) is 5.15. The van der Waals surface area contributed by atoms with E-state index >= 15 is 0 Å². The van der Waals surface area contributed by atoms with Gasteiger partial charge in [0.05, 0.1) is 11.4 Å². The summed E-state index contributed by atoms with van der Waals surface area (Å²) in [7, 11) is 1.77. The summed E-state index contributed by atoms with van der Waals surface area (Å²) in [6.07, 6.45) is 0. The Labute approximate surface area is 190 Å². The molecule has 6 heteroatoms. The van der Waals surface area contributed by atoms with Crippen LogP contribution in [0.15, 0.2) is 96.4 Å². The molecule has 5 nitrogen and oxygen atoms in total. The predicted molar refractivity (Wildman–Crippen MR) is 130 cm³/mol. The Morgan fingerprint density at radius 3 is 2.12 bits per heavy atom. The second kappa shape index (κ2) is 8.61. The standard InChI is InChI=1S/C26H20N4OS/c1-30-24(16-22(29-30)18-8-4-2-5-9-18)25(31)27-21-14-12-19(13-15-21)23-17-32-26(28-23)20-10-6-3-7-11-20/h2-17H,1H3,(H,27,31). The van der Waals surface area contributed by atoms with Gasteiger partial charge >= 0.3 is 0 Å². The highest BCUT2D eigenvalue weighted by molar-refractivity contribution is 7.13. The smallest absolute Gasteiger partial charge is 0.273 e. The lowest BCUT2D eigenvalue weighted by atomic mass is 10.1. The lowest BCUT2D eigenvalue weighted by Gasteiger charge is -2.06. The zero-order valence-corrected chi connectivity index (χ0v) is 18.2. The summed E-state index contributed by atoms with van der Waals surface area (Å²) in [5.74, 6) is -0.199. The van der Waals surface area contributed by atoms with Gasteiger partial charge in [-0.3, -0.25) is 9.48 Å². The molecule has 1 N–H and O–H groups in total. The van der Waals surface area contributed by atoms with E-state index in [0.717, 1.165) is 38.8 Å². The lowest BCUT2D eigenvalue weighted by Crippen LogP contribution is -2.15. The van der Waals surface area contributed by atoms with E-state index in [1.807, 2.05) is 72.8 Å². The Morgan fingerprint density at radius 1 is 0.812 bits per heavy atom. The number of hydrogen-bond donors (Lipinski definition) is 1. The van der Waals surface area contributed by atoms with Crippen LogP contribution >= 0.6 is 11.3 Å². The Hall–Kier alpha value is -4.03. The number of rotatable bonds is 5. The molecule has 2 heterocycles. The number of carbonyl (C=O) groups excluding carboxylic acids is 1. The highest BCUT2D eigenvalue weighted by Gasteiger charge is 2.15. The quantitative estimate of drug-likeness (QED) is 0.360. The van der Waals surface area contributed by atoms with Crippen LogP contribution in [0.4, 0.5) is 5.69 Å². The Balaban J connectivity index is 1.31. The van der Waals surface area contributed by atoms with E-state index in [2.05, 4.69) is 27.9 Å². The van der Waals surface area contributed by atoms with Crippen LogP contribution in [0.5, 0.6) is 0 Å². The minimum absolute atomic E-state index is 0.199. The van der Waals surface area contributed by atoms with Gasteiger partial charge < -0.3 is 5.32 Å². The summed E-state index contributed by atoms with van der Waals surface area (Å²) in [5.41, 5.74) is 6.01. The second-order valence-corrected chi connectivity index (χ2v) is 8.20. The van der Waals surface area contributed by atoms with E-state index in [9.17, 15) is 4.79 Å². The minimum Gasteiger partial charge on any atom is -0.321 e. The summed E-state index contributed by atoms with van der Waals surface area (Å²) in [6.45, 7) is 0. The van der Waals surface area contributed by atoms with Gasteiger partial charge in [0, 0.05) is 34.8 Å². The Bertz CT molecular complexity index is 1360. The molecular formula is C26H20N4OS. The summed E-state index contributed by atoms with van der Waals surface area (Å²) < 4.78 is 1.60. The first-order chi connectivity index (χ1) is 15.7. The maximum atomic E-state index is 12.8. The summed E-state index contributed by atoms with van der Waals surface area (Å²) in [5, 5.41) is 10.5. The van der Waals surface area contributed by atoms with Gasteiger partial charge in [-0.2, -0.15) is 5.10 Å². The number of hydrogen-bond acceptors (Lipinski definition) is 4. The van der Waals surface area contributed by atoms with Crippen molar-refractivity contribution in [3.63, 3.8) is 0 Å². The topological polar surface area (TPSA) is 59.8 Å². The maximum Gasteiger partial charge on any atom is 0.273 e. The number of nitrogens with one attached hydrogen (secondary N) is 1. The Morgan fingerprint density at radius 2 is 1.44 bits per heavy atom. The lowest BCUT2D eigenvalue weighted by molar-refractivity contribution is 0.101. The van der Waals surface area contributed by atoms with Crippen LogP contribution in [-0.4, -0.2) is 20.7 Å². The number of aromatic nitrogens is 3. The van der Waals surface area contributed by atoms with Gasteiger partial charge in [-0.05, 0) is 18.2 Å². The zero-order valence-electron chi connectivity index (χ0n) is 17.4. The second-order valence-electron chi connectivity index (χ2n) is 7.34.